The van der Waals surface area contributed by atoms with Gasteiger partial charge in [-0.25, -0.2) is 4.68 Å². The van der Waals surface area contributed by atoms with Crippen LogP contribution in [0.3, 0.4) is 0 Å². The number of nitrogens with one attached hydrogen (secondary N) is 1. The Hall–Kier alpha value is -1.73. The lowest BCUT2D eigenvalue weighted by atomic mass is 9.86. The number of hydrogen-bond donors (Lipinski definition) is 2. The number of aromatic nitrogens is 3. The van der Waals surface area contributed by atoms with Gasteiger partial charge in [-0.05, 0) is 37.8 Å². The molecule has 8 heteroatoms. The van der Waals surface area contributed by atoms with E-state index in [1.54, 1.807) is 12.1 Å². The van der Waals surface area contributed by atoms with Gasteiger partial charge in [0.25, 0.3) is 0 Å². The summed E-state index contributed by atoms with van der Waals surface area (Å²) in [5.41, 5.74) is 0.785. The number of carbonyl (C=O) groups is 1. The molecule has 1 saturated carbocycles. The first-order valence-corrected chi connectivity index (χ1v) is 10.1. The third-order valence-corrected chi connectivity index (χ3v) is 6.13. The molecule has 1 aliphatic carbocycles. The van der Waals surface area contributed by atoms with Gasteiger partial charge in [0.15, 0.2) is 5.82 Å². The molecule has 26 heavy (non-hydrogen) atoms. The first-order valence-electron chi connectivity index (χ1n) is 8.89. The second-order valence-corrected chi connectivity index (χ2v) is 8.57. The van der Waals surface area contributed by atoms with E-state index in [1.165, 1.54) is 35.7 Å². The molecule has 1 fully saturated rings. The van der Waals surface area contributed by atoms with E-state index in [0.29, 0.717) is 21.9 Å². The second-order valence-electron chi connectivity index (χ2n) is 6.82. The minimum atomic E-state index is -0.303. The van der Waals surface area contributed by atoms with Crippen LogP contribution in [0.4, 0.5) is 0 Å². The van der Waals surface area contributed by atoms with Crippen LogP contribution in [0.25, 0.3) is 11.4 Å². The molecule has 6 nitrogen and oxygen atoms in total. The van der Waals surface area contributed by atoms with Crippen molar-refractivity contribution in [3.63, 3.8) is 0 Å². The number of amides is 1. The van der Waals surface area contributed by atoms with E-state index in [-0.39, 0.29) is 17.2 Å². The standard InChI is InChI=1S/C18H24ClN5OS/c1-11-6-3-4-9-15(11)21-17(25)12(2)26-18-23-22-16(24(18)20)13-7-5-8-14(19)10-13/h5,7-8,10-12,15H,3-4,6,9,20H2,1-2H3,(H,21,25). The highest BCUT2D eigenvalue weighted by atomic mass is 35.5. The summed E-state index contributed by atoms with van der Waals surface area (Å²) < 4.78 is 1.41. The summed E-state index contributed by atoms with van der Waals surface area (Å²) in [6.45, 7) is 4.07. The monoisotopic (exact) mass is 393 g/mol. The lowest BCUT2D eigenvalue weighted by molar-refractivity contribution is -0.121. The summed E-state index contributed by atoms with van der Waals surface area (Å²) >= 11 is 7.33. The number of rotatable bonds is 5. The zero-order valence-electron chi connectivity index (χ0n) is 15.0. The van der Waals surface area contributed by atoms with Crippen molar-refractivity contribution in [2.75, 3.05) is 5.84 Å². The van der Waals surface area contributed by atoms with E-state index in [1.807, 2.05) is 19.1 Å². The number of nitrogens with two attached hydrogens (primary N) is 1. The number of carbonyl (C=O) groups excluding carboxylic acids is 1. The van der Waals surface area contributed by atoms with Crippen LogP contribution in [0.15, 0.2) is 29.4 Å². The van der Waals surface area contributed by atoms with Crippen LogP contribution in [0.2, 0.25) is 5.02 Å². The highest BCUT2D eigenvalue weighted by Gasteiger charge is 2.26. The van der Waals surface area contributed by atoms with Gasteiger partial charge < -0.3 is 11.2 Å². The van der Waals surface area contributed by atoms with Crippen LogP contribution < -0.4 is 11.2 Å². The molecule has 140 valence electrons. The Morgan fingerprint density at radius 2 is 2.15 bits per heavy atom. The van der Waals surface area contributed by atoms with Crippen molar-refractivity contribution in [3.8, 4) is 11.4 Å². The molecule has 1 heterocycles. The summed E-state index contributed by atoms with van der Waals surface area (Å²) in [6, 6.07) is 7.53. The molecule has 1 aromatic heterocycles. The summed E-state index contributed by atoms with van der Waals surface area (Å²) in [7, 11) is 0. The molecule has 0 spiro atoms. The first-order chi connectivity index (χ1) is 12.5. The van der Waals surface area contributed by atoms with Crippen LogP contribution in [0.1, 0.15) is 39.5 Å². The zero-order chi connectivity index (χ0) is 18.7. The molecule has 2 aromatic rings. The minimum absolute atomic E-state index is 0.0149. The molecule has 1 aromatic carbocycles. The van der Waals surface area contributed by atoms with E-state index >= 15 is 0 Å². The van der Waals surface area contributed by atoms with E-state index in [9.17, 15) is 4.79 Å². The maximum absolute atomic E-state index is 12.5. The largest absolute Gasteiger partial charge is 0.352 e. The molecule has 0 aliphatic heterocycles. The predicted molar refractivity (Wildman–Crippen MR) is 106 cm³/mol. The number of nitrogens with zero attached hydrogens (tertiary/aromatic N) is 3. The number of thioether (sulfide) groups is 1. The Kier molecular flexibility index (Phi) is 6.09. The van der Waals surface area contributed by atoms with Gasteiger partial charge in [0, 0.05) is 16.6 Å². The summed E-state index contributed by atoms with van der Waals surface area (Å²) in [6.07, 6.45) is 4.65. The summed E-state index contributed by atoms with van der Waals surface area (Å²) in [5, 5.41) is 12.3. The quantitative estimate of drug-likeness (QED) is 0.599. The average Bonchev–Trinajstić information content (AvgIpc) is 2.97. The molecular weight excluding hydrogens is 370 g/mol. The lowest BCUT2D eigenvalue weighted by Crippen LogP contribution is -2.44. The van der Waals surface area contributed by atoms with Gasteiger partial charge in [0.2, 0.25) is 11.1 Å². The van der Waals surface area contributed by atoms with Crippen LogP contribution >= 0.6 is 23.4 Å². The highest BCUT2D eigenvalue weighted by Crippen LogP contribution is 2.27. The van der Waals surface area contributed by atoms with E-state index in [2.05, 4.69) is 22.4 Å². The molecule has 3 N–H and O–H groups in total. The number of nitrogen functional groups attached to an aromatic ring is 1. The normalized spacial score (nSPS) is 21.3. The molecular formula is C18H24ClN5OS. The molecule has 3 rings (SSSR count). The Balaban J connectivity index is 1.66. The molecule has 0 radical (unpaired) electrons. The van der Waals surface area contributed by atoms with Crippen molar-refractivity contribution in [1.29, 1.82) is 0 Å². The minimum Gasteiger partial charge on any atom is -0.352 e. The van der Waals surface area contributed by atoms with Crippen LogP contribution in [0.5, 0.6) is 0 Å². The van der Waals surface area contributed by atoms with Gasteiger partial charge in [0.1, 0.15) is 0 Å². The topological polar surface area (TPSA) is 85.8 Å². The van der Waals surface area contributed by atoms with Gasteiger partial charge in [-0.15, -0.1) is 10.2 Å². The van der Waals surface area contributed by atoms with Crippen molar-refractivity contribution in [2.45, 2.75) is 56.0 Å². The Morgan fingerprint density at radius 3 is 2.88 bits per heavy atom. The Labute approximate surface area is 162 Å². The highest BCUT2D eigenvalue weighted by molar-refractivity contribution is 8.00. The van der Waals surface area contributed by atoms with Crippen molar-refractivity contribution in [1.82, 2.24) is 20.2 Å². The number of hydrogen-bond acceptors (Lipinski definition) is 5. The maximum atomic E-state index is 12.5. The Morgan fingerprint density at radius 1 is 1.38 bits per heavy atom. The van der Waals surface area contributed by atoms with Crippen LogP contribution in [-0.4, -0.2) is 32.1 Å². The molecule has 3 unspecified atom stereocenters. The van der Waals surface area contributed by atoms with Gasteiger partial charge in [-0.3, -0.25) is 4.79 Å². The Bertz CT molecular complexity index is 781. The maximum Gasteiger partial charge on any atom is 0.233 e. The molecule has 0 bridgehead atoms. The number of benzene rings is 1. The average molecular weight is 394 g/mol. The van der Waals surface area contributed by atoms with Crippen LogP contribution in [-0.2, 0) is 4.79 Å². The molecule has 1 aliphatic rings. The van der Waals surface area contributed by atoms with Gasteiger partial charge in [-0.1, -0.05) is 55.3 Å². The van der Waals surface area contributed by atoms with Gasteiger partial charge >= 0.3 is 0 Å². The molecule has 0 saturated heterocycles. The van der Waals surface area contributed by atoms with Crippen molar-refractivity contribution < 1.29 is 4.79 Å². The fourth-order valence-electron chi connectivity index (χ4n) is 3.22. The van der Waals surface area contributed by atoms with E-state index in [4.69, 9.17) is 17.4 Å². The number of halogens is 1. The van der Waals surface area contributed by atoms with E-state index < -0.39 is 0 Å². The fraction of sp³-hybridized carbons (Fsp3) is 0.500. The van der Waals surface area contributed by atoms with Crippen molar-refractivity contribution >= 4 is 29.3 Å². The van der Waals surface area contributed by atoms with Crippen molar-refractivity contribution in [2.24, 2.45) is 5.92 Å². The molecule has 3 atom stereocenters. The van der Waals surface area contributed by atoms with Crippen LogP contribution in [0, 0.1) is 5.92 Å². The first kappa shape index (κ1) is 19.0. The fourth-order valence-corrected chi connectivity index (χ4v) is 4.19. The third kappa shape index (κ3) is 4.32. The SMILES string of the molecule is CC(Sc1nnc(-c2cccc(Cl)c2)n1N)C(=O)NC1CCCCC1C. The second kappa shape index (κ2) is 8.31. The smallest absolute Gasteiger partial charge is 0.233 e. The summed E-state index contributed by atoms with van der Waals surface area (Å²) in [4.78, 5) is 12.5. The zero-order valence-corrected chi connectivity index (χ0v) is 16.6. The third-order valence-electron chi connectivity index (χ3n) is 4.84. The van der Waals surface area contributed by atoms with Gasteiger partial charge in [0.05, 0.1) is 5.25 Å². The summed E-state index contributed by atoms with van der Waals surface area (Å²) in [5.74, 6) is 7.19. The molecule has 1 amide bonds. The van der Waals surface area contributed by atoms with E-state index in [0.717, 1.165) is 12.0 Å². The predicted octanol–water partition coefficient (Wildman–Crippen LogP) is 3.49. The lowest BCUT2D eigenvalue weighted by Gasteiger charge is -2.30. The van der Waals surface area contributed by atoms with Crippen molar-refractivity contribution in [3.05, 3.63) is 29.3 Å². The van der Waals surface area contributed by atoms with Gasteiger partial charge in [-0.2, -0.15) is 0 Å².